The number of amides is 1. The summed E-state index contributed by atoms with van der Waals surface area (Å²) in [7, 11) is -24.0. The van der Waals surface area contributed by atoms with Crippen LogP contribution in [0.15, 0.2) is 110 Å². The van der Waals surface area contributed by atoms with Gasteiger partial charge >= 0.3 is 23.5 Å². The Balaban J connectivity index is 0.972. The van der Waals surface area contributed by atoms with Gasteiger partial charge in [-0.15, -0.1) is 5.11 Å². The van der Waals surface area contributed by atoms with Gasteiger partial charge in [-0.2, -0.15) is 40.8 Å². The van der Waals surface area contributed by atoms with Gasteiger partial charge in [0, 0.05) is 31.9 Å². The molecule has 1 aliphatic heterocycles. The zero-order valence-electron chi connectivity index (χ0n) is 36.0. The molecule has 0 aliphatic carbocycles. The number of phosphoric ester groups is 1. The van der Waals surface area contributed by atoms with Gasteiger partial charge in [0.1, 0.15) is 34.6 Å². The number of fused-ring (bicyclic) bond motifs is 1. The maximum absolute atomic E-state index is 12.7. The smallest absolute Gasteiger partial charge is 0.383 e. The first kappa shape index (κ1) is 53.6. The average Bonchev–Trinajstić information content (AvgIpc) is 3.90. The number of hydrogen-bond acceptors (Lipinski definition) is 20. The van der Waals surface area contributed by atoms with Crippen LogP contribution in [0.2, 0.25) is 0 Å². The third kappa shape index (κ3) is 15.4. The van der Waals surface area contributed by atoms with E-state index in [1.165, 1.54) is 30.6 Å². The van der Waals surface area contributed by atoms with Crippen LogP contribution in [0.1, 0.15) is 37.5 Å². The lowest BCUT2D eigenvalue weighted by Gasteiger charge is -2.19. The van der Waals surface area contributed by atoms with Crippen molar-refractivity contribution in [1.29, 1.82) is 0 Å². The molecule has 9 N–H and O–H groups in total. The van der Waals surface area contributed by atoms with E-state index in [0.717, 1.165) is 23.9 Å². The van der Waals surface area contributed by atoms with Gasteiger partial charge in [-0.05, 0) is 86.0 Å². The van der Waals surface area contributed by atoms with E-state index in [4.69, 9.17) is 29.3 Å². The second-order valence-corrected chi connectivity index (χ2v) is 21.9. The summed E-state index contributed by atoms with van der Waals surface area (Å²) in [4.78, 5) is 58.5. The molecule has 0 spiro atoms. The number of hydrogen-bond donors (Lipinski definition) is 8. The monoisotopic (exact) mass is 1070 g/mol. The van der Waals surface area contributed by atoms with Crippen LogP contribution in [0.4, 0.5) is 34.3 Å². The number of carbonyl (C=O) groups is 1. The zero-order valence-corrected chi connectivity index (χ0v) is 40.3. The lowest BCUT2D eigenvalue weighted by Crippen LogP contribution is -2.25. The highest BCUT2D eigenvalue weighted by Gasteiger charge is 2.41. The molecule has 0 bridgehead atoms. The van der Waals surface area contributed by atoms with Crippen molar-refractivity contribution in [2.75, 3.05) is 37.4 Å². The molecule has 2 unspecified atom stereocenters. The van der Waals surface area contributed by atoms with Gasteiger partial charge in [0.15, 0.2) is 0 Å². The Morgan fingerprint density at radius 3 is 2.19 bits per heavy atom. The van der Waals surface area contributed by atoms with Gasteiger partial charge in [-0.25, -0.2) is 23.7 Å². The third-order valence-electron chi connectivity index (χ3n) is 9.57. The minimum absolute atomic E-state index is 0.0194. The number of ether oxygens (including phenoxy) is 1. The number of rotatable bonds is 20. The first-order chi connectivity index (χ1) is 32.7. The van der Waals surface area contributed by atoms with Crippen molar-refractivity contribution >= 4 is 94.9 Å². The quantitative estimate of drug-likeness (QED) is 0.0199. The molecule has 6 rings (SSSR count). The van der Waals surface area contributed by atoms with Crippen molar-refractivity contribution < 1.29 is 81.9 Å². The highest BCUT2D eigenvalue weighted by Crippen LogP contribution is 2.66. The standard InChI is InChI=1S/C37H41N10O18P3S2/c1-46(28-11-6-25(7-12-28)43-45-31-16-10-27(20-32(31)70(59,60)61)44-42-26-8-14-30(15-9-26)69(56,57)58)19-3-5-33(48)39-18-2-4-24-21-47(37-35(24)36(38)40-23-41-37)34-17-13-29(63-34)22-62-67(52,53)65-68(54,55)64-66(49,50)51/h6-12,14-16,20-21,23,29,34H,3,5,13,17-19,22H2,1H3,(H,39,48)(H,52,53)(H,54,55)(H2,38,40,41)(H2,49,50,51)(H,56,57,58)(H,59,60,61)/t29-,34+/m0/s1. The predicted molar refractivity (Wildman–Crippen MR) is 245 cm³/mol. The molecule has 374 valence electrons. The average molecular weight is 1070 g/mol. The van der Waals surface area contributed by atoms with Gasteiger partial charge in [0.2, 0.25) is 5.91 Å². The molecule has 33 heteroatoms. The highest BCUT2D eigenvalue weighted by molar-refractivity contribution is 7.86. The van der Waals surface area contributed by atoms with Gasteiger partial charge in [0.05, 0.1) is 52.2 Å². The lowest BCUT2D eigenvalue weighted by molar-refractivity contribution is -0.120. The molecule has 0 saturated carbocycles. The van der Waals surface area contributed by atoms with Crippen molar-refractivity contribution in [3.63, 3.8) is 0 Å². The van der Waals surface area contributed by atoms with Crippen LogP contribution in [0.3, 0.4) is 0 Å². The summed E-state index contributed by atoms with van der Waals surface area (Å²) >= 11 is 0. The summed E-state index contributed by atoms with van der Waals surface area (Å²) in [5.41, 5.74) is 8.05. The number of nitrogens with one attached hydrogen (secondary N) is 1. The molecule has 4 atom stereocenters. The van der Waals surface area contributed by atoms with Crippen molar-refractivity contribution in [3.05, 3.63) is 84.8 Å². The molecule has 1 fully saturated rings. The van der Waals surface area contributed by atoms with Gasteiger partial charge < -0.3 is 44.8 Å². The second-order valence-electron chi connectivity index (χ2n) is 14.7. The highest BCUT2D eigenvalue weighted by atomic mass is 32.2. The zero-order chi connectivity index (χ0) is 51.1. The minimum Gasteiger partial charge on any atom is -0.383 e. The Morgan fingerprint density at radius 1 is 0.886 bits per heavy atom. The molecule has 1 amide bonds. The molecule has 1 saturated heterocycles. The Kier molecular flexibility index (Phi) is 17.0. The number of benzene rings is 3. The topological polar surface area (TPSA) is 416 Å². The van der Waals surface area contributed by atoms with Gasteiger partial charge in [-0.1, -0.05) is 11.8 Å². The van der Waals surface area contributed by atoms with Crippen LogP contribution >= 0.6 is 23.5 Å². The third-order valence-corrected chi connectivity index (χ3v) is 15.1. The summed E-state index contributed by atoms with van der Waals surface area (Å²) in [5.74, 6) is 5.67. The molecule has 2 aromatic heterocycles. The number of carbonyl (C=O) groups excluding carboxylic acids is 1. The molecule has 1 aliphatic rings. The minimum atomic E-state index is -5.69. The van der Waals surface area contributed by atoms with E-state index < -0.39 is 67.5 Å². The number of azo groups is 2. The molecule has 0 radical (unpaired) electrons. The van der Waals surface area contributed by atoms with Crippen LogP contribution in [-0.4, -0.2) is 98.8 Å². The van der Waals surface area contributed by atoms with E-state index in [2.05, 4.69) is 56.2 Å². The molecule has 70 heavy (non-hydrogen) atoms. The van der Waals surface area contributed by atoms with E-state index in [1.807, 2.05) is 11.9 Å². The maximum atomic E-state index is 12.7. The predicted octanol–water partition coefficient (Wildman–Crippen LogP) is 5.74. The Labute approximate surface area is 397 Å². The fraction of sp³-hybridized carbons (Fsp3) is 0.270. The molecular formula is C37H41N10O18P3S2. The fourth-order valence-electron chi connectivity index (χ4n) is 6.43. The number of phosphoric acid groups is 3. The maximum Gasteiger partial charge on any atom is 0.490 e. The first-order valence-electron chi connectivity index (χ1n) is 19.9. The number of nitrogens with zero attached hydrogens (tertiary/aromatic N) is 8. The van der Waals surface area contributed by atoms with Crippen molar-refractivity contribution in [2.24, 2.45) is 20.5 Å². The van der Waals surface area contributed by atoms with E-state index >= 15 is 0 Å². The van der Waals surface area contributed by atoms with Crippen molar-refractivity contribution in [2.45, 2.75) is 47.8 Å². The van der Waals surface area contributed by atoms with E-state index in [9.17, 15) is 49.7 Å². The van der Waals surface area contributed by atoms with Crippen LogP contribution in [0.5, 0.6) is 0 Å². The Bertz CT molecular complexity index is 3250. The van der Waals surface area contributed by atoms with E-state index in [-0.39, 0.29) is 53.1 Å². The molecule has 3 heterocycles. The summed E-state index contributed by atoms with van der Waals surface area (Å²) in [5, 5.41) is 19.0. The van der Waals surface area contributed by atoms with Crippen LogP contribution < -0.4 is 16.0 Å². The van der Waals surface area contributed by atoms with Crippen molar-refractivity contribution in [1.82, 2.24) is 19.9 Å². The van der Waals surface area contributed by atoms with E-state index in [0.29, 0.717) is 41.7 Å². The molecule has 28 nitrogen and oxygen atoms in total. The van der Waals surface area contributed by atoms with Crippen LogP contribution in [0, 0.1) is 11.8 Å². The Hall–Kier alpha value is -5.70. The molecular weight excluding hydrogens is 1030 g/mol. The largest absolute Gasteiger partial charge is 0.490 e. The van der Waals surface area contributed by atoms with E-state index in [1.54, 1.807) is 35.0 Å². The number of anilines is 2. The van der Waals surface area contributed by atoms with Crippen LogP contribution in [-0.2, 0) is 56.6 Å². The van der Waals surface area contributed by atoms with Crippen molar-refractivity contribution in [3.8, 4) is 11.8 Å². The summed E-state index contributed by atoms with van der Waals surface area (Å²) in [6, 6.07) is 15.1. The number of aromatic nitrogens is 3. The Morgan fingerprint density at radius 2 is 1.53 bits per heavy atom. The first-order valence-corrected chi connectivity index (χ1v) is 27.3. The lowest BCUT2D eigenvalue weighted by atomic mass is 10.2. The summed E-state index contributed by atoms with van der Waals surface area (Å²) in [6.45, 7) is -0.164. The van der Waals surface area contributed by atoms with Crippen LogP contribution in [0.25, 0.3) is 11.0 Å². The second kappa shape index (κ2) is 22.2. The normalized spacial score (nSPS) is 17.3. The number of nitrogen functional groups attached to an aromatic ring is 1. The van der Waals surface area contributed by atoms with Gasteiger partial charge in [0.25, 0.3) is 20.2 Å². The molecule has 3 aromatic carbocycles. The fourth-order valence-corrected chi connectivity index (χ4v) is 10.6. The molecule has 5 aromatic rings. The summed E-state index contributed by atoms with van der Waals surface area (Å²) < 4.78 is 120. The number of nitrogens with two attached hydrogens (primary N) is 1. The van der Waals surface area contributed by atoms with Gasteiger partial charge in [-0.3, -0.25) is 18.4 Å². The summed E-state index contributed by atoms with van der Waals surface area (Å²) in [6.07, 6.45) is 2.49. The SMILES string of the molecule is CN(CCCC(=O)NCC#Cc1cn([C@H]2CC[C@@H](COP(=O)(O)OP(=O)(O)OP(=O)(O)O)O2)c2ncnc(N)c12)c1ccc(N=Nc2ccc(N=Nc3ccc(S(=O)(=O)O)cc3)cc2S(=O)(=O)O)cc1.